The molecule has 100 valence electrons. The number of hydrazine groups is 1. The second-order valence-corrected chi connectivity index (χ2v) is 5.34. The molecule has 0 radical (unpaired) electrons. The van der Waals surface area contributed by atoms with E-state index in [-0.39, 0.29) is 6.04 Å². The van der Waals surface area contributed by atoms with Crippen LogP contribution in [0.2, 0.25) is 10.0 Å². The Bertz CT molecular complexity index is 570. The highest BCUT2D eigenvalue weighted by atomic mass is 35.5. The van der Waals surface area contributed by atoms with E-state index in [2.05, 4.69) is 24.5 Å². The van der Waals surface area contributed by atoms with Crippen molar-refractivity contribution in [3.05, 3.63) is 69.2 Å². The van der Waals surface area contributed by atoms with E-state index in [0.29, 0.717) is 10.0 Å². The van der Waals surface area contributed by atoms with Gasteiger partial charge in [0.15, 0.2) is 0 Å². The molecule has 4 heteroatoms. The lowest BCUT2D eigenvalue weighted by molar-refractivity contribution is 0.549. The first-order valence-corrected chi connectivity index (χ1v) is 6.83. The third-order valence-electron chi connectivity index (χ3n) is 3.19. The number of benzene rings is 2. The number of hydrogen-bond donors (Lipinski definition) is 2. The lowest BCUT2D eigenvalue weighted by atomic mass is 9.96. The molecular formula is C15H16Cl2N2. The van der Waals surface area contributed by atoms with Crippen LogP contribution in [0.3, 0.4) is 0 Å². The summed E-state index contributed by atoms with van der Waals surface area (Å²) in [5.74, 6) is 5.68. The maximum Gasteiger partial charge on any atom is 0.0595 e. The fourth-order valence-corrected chi connectivity index (χ4v) is 2.46. The van der Waals surface area contributed by atoms with Crippen LogP contribution in [0.15, 0.2) is 42.5 Å². The van der Waals surface area contributed by atoms with Crippen molar-refractivity contribution in [1.29, 1.82) is 0 Å². The Morgan fingerprint density at radius 1 is 1.11 bits per heavy atom. The van der Waals surface area contributed by atoms with Crippen molar-refractivity contribution >= 4 is 23.2 Å². The van der Waals surface area contributed by atoms with Gasteiger partial charge in [-0.2, -0.15) is 0 Å². The number of nitrogens with one attached hydrogen (secondary N) is 1. The van der Waals surface area contributed by atoms with Gasteiger partial charge in [-0.1, -0.05) is 53.5 Å². The molecule has 0 fully saturated rings. The minimum Gasteiger partial charge on any atom is -0.271 e. The standard InChI is InChI=1S/C15H16Cl2N2/c1-10-4-2-3-5-12(10)15(19-18)9-11-6-7-13(16)14(17)8-11/h2-8,15,19H,9,18H2,1H3. The molecule has 2 aromatic rings. The lowest BCUT2D eigenvalue weighted by Crippen LogP contribution is -2.30. The van der Waals surface area contributed by atoms with Crippen LogP contribution >= 0.6 is 23.2 Å². The normalized spacial score (nSPS) is 12.4. The van der Waals surface area contributed by atoms with Gasteiger partial charge in [-0.3, -0.25) is 11.3 Å². The summed E-state index contributed by atoms with van der Waals surface area (Å²) in [5.41, 5.74) is 6.37. The zero-order valence-electron chi connectivity index (χ0n) is 10.7. The Labute approximate surface area is 123 Å². The minimum absolute atomic E-state index is 0.0541. The first-order chi connectivity index (χ1) is 9.11. The predicted molar refractivity (Wildman–Crippen MR) is 81.4 cm³/mol. The molecule has 0 aliphatic rings. The number of aryl methyl sites for hydroxylation is 1. The Balaban J connectivity index is 2.24. The van der Waals surface area contributed by atoms with Crippen molar-refractivity contribution in [2.45, 2.75) is 19.4 Å². The van der Waals surface area contributed by atoms with E-state index in [0.717, 1.165) is 12.0 Å². The second-order valence-electron chi connectivity index (χ2n) is 4.53. The third kappa shape index (κ3) is 3.48. The van der Waals surface area contributed by atoms with Crippen molar-refractivity contribution in [2.75, 3.05) is 0 Å². The van der Waals surface area contributed by atoms with E-state index < -0.39 is 0 Å². The summed E-state index contributed by atoms with van der Waals surface area (Å²) in [6.45, 7) is 2.08. The van der Waals surface area contributed by atoms with Crippen LogP contribution in [0, 0.1) is 6.92 Å². The zero-order valence-corrected chi connectivity index (χ0v) is 12.2. The largest absolute Gasteiger partial charge is 0.271 e. The summed E-state index contributed by atoms with van der Waals surface area (Å²) < 4.78 is 0. The average Bonchev–Trinajstić information content (AvgIpc) is 2.41. The van der Waals surface area contributed by atoms with Gasteiger partial charge in [0.2, 0.25) is 0 Å². The van der Waals surface area contributed by atoms with Crippen molar-refractivity contribution in [1.82, 2.24) is 5.43 Å². The molecule has 0 spiro atoms. The Morgan fingerprint density at radius 2 is 1.84 bits per heavy atom. The van der Waals surface area contributed by atoms with Crippen molar-refractivity contribution in [3.63, 3.8) is 0 Å². The molecule has 2 aromatic carbocycles. The van der Waals surface area contributed by atoms with Crippen molar-refractivity contribution in [3.8, 4) is 0 Å². The lowest BCUT2D eigenvalue weighted by Gasteiger charge is -2.18. The molecule has 0 aromatic heterocycles. The zero-order chi connectivity index (χ0) is 13.8. The molecule has 19 heavy (non-hydrogen) atoms. The highest BCUT2D eigenvalue weighted by molar-refractivity contribution is 6.42. The molecule has 2 nitrogen and oxygen atoms in total. The van der Waals surface area contributed by atoms with E-state index in [1.165, 1.54) is 11.1 Å². The summed E-state index contributed by atoms with van der Waals surface area (Å²) >= 11 is 12.0. The minimum atomic E-state index is 0.0541. The molecule has 0 saturated carbocycles. The SMILES string of the molecule is Cc1ccccc1C(Cc1ccc(Cl)c(Cl)c1)NN. The highest BCUT2D eigenvalue weighted by Gasteiger charge is 2.13. The predicted octanol–water partition coefficient (Wildman–Crippen LogP) is 4.05. The summed E-state index contributed by atoms with van der Waals surface area (Å²) in [5, 5.41) is 1.14. The van der Waals surface area contributed by atoms with Crippen molar-refractivity contribution in [2.24, 2.45) is 5.84 Å². The van der Waals surface area contributed by atoms with Gasteiger partial charge < -0.3 is 0 Å². The average molecular weight is 295 g/mol. The number of rotatable bonds is 4. The van der Waals surface area contributed by atoms with Crippen LogP contribution in [-0.2, 0) is 6.42 Å². The van der Waals surface area contributed by atoms with Gasteiger partial charge in [0.1, 0.15) is 0 Å². The molecule has 0 heterocycles. The quantitative estimate of drug-likeness (QED) is 0.659. The van der Waals surface area contributed by atoms with Crippen LogP contribution in [0.1, 0.15) is 22.7 Å². The smallest absolute Gasteiger partial charge is 0.0595 e. The highest BCUT2D eigenvalue weighted by Crippen LogP contribution is 2.26. The first kappa shape index (κ1) is 14.4. The summed E-state index contributed by atoms with van der Waals surface area (Å²) in [6.07, 6.45) is 0.762. The van der Waals surface area contributed by atoms with Gasteiger partial charge in [0, 0.05) is 0 Å². The topological polar surface area (TPSA) is 38.0 Å². The van der Waals surface area contributed by atoms with Gasteiger partial charge in [-0.05, 0) is 42.2 Å². The van der Waals surface area contributed by atoms with Crippen LogP contribution in [0.4, 0.5) is 0 Å². The van der Waals surface area contributed by atoms with Crippen LogP contribution in [0.25, 0.3) is 0 Å². The van der Waals surface area contributed by atoms with Gasteiger partial charge in [0.25, 0.3) is 0 Å². The monoisotopic (exact) mass is 294 g/mol. The molecule has 0 amide bonds. The fraction of sp³-hybridized carbons (Fsp3) is 0.200. The summed E-state index contributed by atoms with van der Waals surface area (Å²) in [6, 6.07) is 13.9. The van der Waals surface area contributed by atoms with E-state index in [1.54, 1.807) is 0 Å². The Hall–Kier alpha value is -1.06. The molecule has 2 rings (SSSR count). The maximum absolute atomic E-state index is 6.03. The molecule has 0 aliphatic heterocycles. The van der Waals surface area contributed by atoms with Crippen LogP contribution in [0.5, 0.6) is 0 Å². The molecule has 0 bridgehead atoms. The van der Waals surface area contributed by atoms with E-state index in [9.17, 15) is 0 Å². The molecule has 1 unspecified atom stereocenters. The Morgan fingerprint density at radius 3 is 2.47 bits per heavy atom. The summed E-state index contributed by atoms with van der Waals surface area (Å²) in [7, 11) is 0. The van der Waals surface area contributed by atoms with E-state index in [1.807, 2.05) is 30.3 Å². The van der Waals surface area contributed by atoms with E-state index >= 15 is 0 Å². The third-order valence-corrected chi connectivity index (χ3v) is 3.93. The molecule has 3 N–H and O–H groups in total. The molecule has 0 saturated heterocycles. The van der Waals surface area contributed by atoms with Gasteiger partial charge in [-0.15, -0.1) is 0 Å². The van der Waals surface area contributed by atoms with Gasteiger partial charge in [0.05, 0.1) is 16.1 Å². The van der Waals surface area contributed by atoms with Crippen LogP contribution in [-0.4, -0.2) is 0 Å². The van der Waals surface area contributed by atoms with Gasteiger partial charge in [-0.25, -0.2) is 0 Å². The maximum atomic E-state index is 6.03. The number of hydrogen-bond acceptors (Lipinski definition) is 2. The van der Waals surface area contributed by atoms with Crippen molar-refractivity contribution < 1.29 is 0 Å². The molecule has 1 atom stereocenters. The number of nitrogens with two attached hydrogens (primary N) is 1. The first-order valence-electron chi connectivity index (χ1n) is 6.07. The molecular weight excluding hydrogens is 279 g/mol. The second kappa shape index (κ2) is 6.40. The van der Waals surface area contributed by atoms with Crippen LogP contribution < -0.4 is 11.3 Å². The Kier molecular flexibility index (Phi) is 4.83. The fourth-order valence-electron chi connectivity index (χ4n) is 2.14. The number of halogens is 2. The summed E-state index contributed by atoms with van der Waals surface area (Å²) in [4.78, 5) is 0. The molecule has 0 aliphatic carbocycles. The van der Waals surface area contributed by atoms with E-state index in [4.69, 9.17) is 29.0 Å². The van der Waals surface area contributed by atoms with Gasteiger partial charge >= 0.3 is 0 Å².